The Morgan fingerprint density at radius 1 is 1.07 bits per heavy atom. The van der Waals surface area contributed by atoms with Crippen LogP contribution < -0.4 is 20.3 Å². The van der Waals surface area contributed by atoms with Crippen molar-refractivity contribution in [3.8, 4) is 11.5 Å². The molecule has 1 N–H and O–H groups in total. The first-order valence-corrected chi connectivity index (χ1v) is 9.39. The number of rotatable bonds is 10. The Morgan fingerprint density at radius 3 is 2.44 bits per heavy atom. The summed E-state index contributed by atoms with van der Waals surface area (Å²) in [4.78, 5) is 24.0. The quantitative estimate of drug-likeness (QED) is 0.695. The molecule has 0 spiro atoms. The minimum Gasteiger partial charge on any atom is -0.490 e. The van der Waals surface area contributed by atoms with Gasteiger partial charge in [0.2, 0.25) is 5.91 Å². The van der Waals surface area contributed by atoms with E-state index in [0.29, 0.717) is 24.7 Å². The number of nitrogens with zero attached hydrogens (tertiary/aromatic N) is 1. The Labute approximate surface area is 160 Å². The van der Waals surface area contributed by atoms with Crippen LogP contribution in [0, 0.1) is 0 Å². The summed E-state index contributed by atoms with van der Waals surface area (Å²) in [6.07, 6.45) is 3.42. The van der Waals surface area contributed by atoms with Gasteiger partial charge in [0, 0.05) is 12.3 Å². The molecule has 0 aliphatic carbocycles. The molecule has 2 rings (SSSR count). The number of benzene rings is 1. The minimum absolute atomic E-state index is 0.0130. The molecule has 0 saturated heterocycles. The van der Waals surface area contributed by atoms with Crippen LogP contribution in [0.2, 0.25) is 0 Å². The van der Waals surface area contributed by atoms with Gasteiger partial charge in [0.05, 0.1) is 19.3 Å². The standard InChI is InChI=1S/C21H28N2O4/c1-4-12-26-18-10-9-17(14-19(18)27-13-5-2)16(3)22-20(24)15-23-11-7-6-8-21(23)25/h6-11,14,16H,4-5,12-13,15H2,1-3H3,(H,22,24). The Kier molecular flexibility index (Phi) is 7.92. The van der Waals surface area contributed by atoms with Crippen LogP contribution in [-0.2, 0) is 11.3 Å². The van der Waals surface area contributed by atoms with E-state index in [0.717, 1.165) is 18.4 Å². The molecule has 1 atom stereocenters. The van der Waals surface area contributed by atoms with Gasteiger partial charge in [0.15, 0.2) is 11.5 Å². The molecule has 6 nitrogen and oxygen atoms in total. The first-order chi connectivity index (χ1) is 13.0. The molecule has 0 radical (unpaired) electrons. The molecule has 1 aromatic heterocycles. The Morgan fingerprint density at radius 2 is 1.78 bits per heavy atom. The SMILES string of the molecule is CCCOc1ccc(C(C)NC(=O)Cn2ccccc2=O)cc1OCCC. The van der Waals surface area contributed by atoms with Gasteiger partial charge in [0.1, 0.15) is 6.54 Å². The average Bonchev–Trinajstić information content (AvgIpc) is 2.66. The summed E-state index contributed by atoms with van der Waals surface area (Å²) in [5.41, 5.74) is 0.715. The summed E-state index contributed by atoms with van der Waals surface area (Å²) in [5.74, 6) is 1.17. The van der Waals surface area contributed by atoms with E-state index >= 15 is 0 Å². The van der Waals surface area contributed by atoms with E-state index in [1.165, 1.54) is 10.6 Å². The highest BCUT2D eigenvalue weighted by atomic mass is 16.5. The van der Waals surface area contributed by atoms with Gasteiger partial charge in [-0.3, -0.25) is 9.59 Å². The van der Waals surface area contributed by atoms with Gasteiger partial charge in [-0.05, 0) is 43.5 Å². The predicted octanol–water partition coefficient (Wildman–Crippen LogP) is 3.30. The van der Waals surface area contributed by atoms with Crippen molar-refractivity contribution in [1.82, 2.24) is 9.88 Å². The van der Waals surface area contributed by atoms with Crippen molar-refractivity contribution in [2.45, 2.75) is 46.2 Å². The normalized spacial score (nSPS) is 11.7. The number of pyridine rings is 1. The van der Waals surface area contributed by atoms with Crippen LogP contribution in [0.3, 0.4) is 0 Å². The third-order valence-corrected chi connectivity index (χ3v) is 3.98. The topological polar surface area (TPSA) is 69.6 Å². The maximum atomic E-state index is 12.3. The van der Waals surface area contributed by atoms with Gasteiger partial charge in [-0.2, -0.15) is 0 Å². The number of amides is 1. The largest absolute Gasteiger partial charge is 0.490 e. The lowest BCUT2D eigenvalue weighted by Gasteiger charge is -2.18. The second kappa shape index (κ2) is 10.4. The van der Waals surface area contributed by atoms with E-state index in [9.17, 15) is 9.59 Å². The number of hydrogen-bond donors (Lipinski definition) is 1. The summed E-state index contributed by atoms with van der Waals surface area (Å²) < 4.78 is 12.9. The Hall–Kier alpha value is -2.76. The van der Waals surface area contributed by atoms with Crippen molar-refractivity contribution in [2.75, 3.05) is 13.2 Å². The molecule has 1 aromatic carbocycles. The molecule has 27 heavy (non-hydrogen) atoms. The second-order valence-electron chi connectivity index (χ2n) is 6.36. The highest BCUT2D eigenvalue weighted by Crippen LogP contribution is 2.31. The van der Waals surface area contributed by atoms with Gasteiger partial charge in [-0.25, -0.2) is 0 Å². The van der Waals surface area contributed by atoms with Crippen molar-refractivity contribution in [1.29, 1.82) is 0 Å². The summed E-state index contributed by atoms with van der Waals surface area (Å²) >= 11 is 0. The number of carbonyl (C=O) groups excluding carboxylic acids is 1. The van der Waals surface area contributed by atoms with E-state index in [1.54, 1.807) is 18.3 Å². The maximum absolute atomic E-state index is 12.3. The molecule has 2 aromatic rings. The fourth-order valence-corrected chi connectivity index (χ4v) is 2.57. The fourth-order valence-electron chi connectivity index (χ4n) is 2.57. The molecular formula is C21H28N2O4. The zero-order chi connectivity index (χ0) is 19.6. The molecule has 1 amide bonds. The van der Waals surface area contributed by atoms with Gasteiger partial charge in [0.25, 0.3) is 5.56 Å². The van der Waals surface area contributed by atoms with E-state index < -0.39 is 0 Å². The summed E-state index contributed by atoms with van der Waals surface area (Å²) in [6, 6.07) is 10.3. The lowest BCUT2D eigenvalue weighted by molar-refractivity contribution is -0.122. The summed E-state index contributed by atoms with van der Waals surface area (Å²) in [7, 11) is 0. The van der Waals surface area contributed by atoms with Gasteiger partial charge in [-0.15, -0.1) is 0 Å². The van der Waals surface area contributed by atoms with E-state index in [-0.39, 0.29) is 24.1 Å². The van der Waals surface area contributed by atoms with Crippen molar-refractivity contribution in [3.63, 3.8) is 0 Å². The minimum atomic E-state index is -0.224. The van der Waals surface area contributed by atoms with Crippen molar-refractivity contribution in [2.24, 2.45) is 0 Å². The van der Waals surface area contributed by atoms with Gasteiger partial charge < -0.3 is 19.4 Å². The van der Waals surface area contributed by atoms with Crippen LogP contribution in [0.5, 0.6) is 11.5 Å². The molecule has 0 aliphatic heterocycles. The van der Waals surface area contributed by atoms with Crippen LogP contribution in [0.4, 0.5) is 0 Å². The summed E-state index contributed by atoms with van der Waals surface area (Å²) in [5, 5.41) is 2.92. The molecule has 6 heteroatoms. The highest BCUT2D eigenvalue weighted by Gasteiger charge is 2.14. The Bertz CT molecular complexity index is 801. The molecule has 0 fully saturated rings. The van der Waals surface area contributed by atoms with Crippen LogP contribution >= 0.6 is 0 Å². The molecule has 0 bridgehead atoms. The average molecular weight is 372 g/mol. The van der Waals surface area contributed by atoms with Crippen molar-refractivity contribution >= 4 is 5.91 Å². The first-order valence-electron chi connectivity index (χ1n) is 9.39. The van der Waals surface area contributed by atoms with Crippen molar-refractivity contribution < 1.29 is 14.3 Å². The zero-order valence-corrected chi connectivity index (χ0v) is 16.2. The van der Waals surface area contributed by atoms with Crippen LogP contribution in [0.25, 0.3) is 0 Å². The molecule has 146 valence electrons. The van der Waals surface area contributed by atoms with Crippen molar-refractivity contribution in [3.05, 3.63) is 58.5 Å². The molecule has 1 unspecified atom stereocenters. The monoisotopic (exact) mass is 372 g/mol. The predicted molar refractivity (Wildman–Crippen MR) is 105 cm³/mol. The highest BCUT2D eigenvalue weighted by molar-refractivity contribution is 5.76. The number of nitrogens with one attached hydrogen (secondary N) is 1. The van der Waals surface area contributed by atoms with E-state index in [4.69, 9.17) is 9.47 Å². The van der Waals surface area contributed by atoms with E-state index in [1.807, 2.05) is 32.0 Å². The molecular weight excluding hydrogens is 344 g/mol. The van der Waals surface area contributed by atoms with Gasteiger partial charge >= 0.3 is 0 Å². The van der Waals surface area contributed by atoms with Crippen LogP contribution in [0.15, 0.2) is 47.4 Å². The van der Waals surface area contributed by atoms with Gasteiger partial charge in [-0.1, -0.05) is 26.0 Å². The van der Waals surface area contributed by atoms with Crippen LogP contribution in [0.1, 0.15) is 45.2 Å². The molecule has 0 saturated carbocycles. The lowest BCUT2D eigenvalue weighted by atomic mass is 10.1. The molecule has 0 aliphatic rings. The summed E-state index contributed by atoms with van der Waals surface area (Å²) in [6.45, 7) is 7.21. The Balaban J connectivity index is 2.07. The smallest absolute Gasteiger partial charge is 0.250 e. The fraction of sp³-hybridized carbons (Fsp3) is 0.429. The maximum Gasteiger partial charge on any atom is 0.250 e. The van der Waals surface area contributed by atoms with Crippen LogP contribution in [-0.4, -0.2) is 23.7 Å². The zero-order valence-electron chi connectivity index (χ0n) is 16.2. The number of carbonyl (C=O) groups is 1. The molecule has 1 heterocycles. The lowest BCUT2D eigenvalue weighted by Crippen LogP contribution is -2.33. The second-order valence-corrected chi connectivity index (χ2v) is 6.36. The number of ether oxygens (including phenoxy) is 2. The van der Waals surface area contributed by atoms with E-state index in [2.05, 4.69) is 12.2 Å². The first kappa shape index (κ1) is 20.6. The third-order valence-electron chi connectivity index (χ3n) is 3.98. The third kappa shape index (κ3) is 6.16. The number of aromatic nitrogens is 1. The number of hydrogen-bond acceptors (Lipinski definition) is 4.